The van der Waals surface area contributed by atoms with E-state index in [0.717, 1.165) is 25.9 Å². The molecule has 0 aromatic carbocycles. The fraction of sp³-hybridized carbons (Fsp3) is 0.929. The fourth-order valence-corrected chi connectivity index (χ4v) is 3.54. The Balaban J connectivity index is 1.54. The lowest BCUT2D eigenvalue weighted by Crippen LogP contribution is -2.46. The Morgan fingerprint density at radius 2 is 1.59 bits per heavy atom. The third kappa shape index (κ3) is 2.35. The van der Waals surface area contributed by atoms with Crippen molar-refractivity contribution >= 4 is 5.91 Å². The summed E-state index contributed by atoms with van der Waals surface area (Å²) >= 11 is 0. The van der Waals surface area contributed by atoms with Crippen LogP contribution in [0.25, 0.3) is 0 Å². The fourth-order valence-electron chi connectivity index (χ4n) is 3.54. The van der Waals surface area contributed by atoms with Gasteiger partial charge in [0.05, 0.1) is 0 Å². The summed E-state index contributed by atoms with van der Waals surface area (Å²) in [6.45, 7) is 2.01. The summed E-state index contributed by atoms with van der Waals surface area (Å²) in [6, 6.07) is 0.437. The smallest absolute Gasteiger partial charge is 0.225 e. The van der Waals surface area contributed by atoms with Gasteiger partial charge in [0, 0.05) is 25.0 Å². The third-order valence-corrected chi connectivity index (χ3v) is 5.15. The van der Waals surface area contributed by atoms with Crippen LogP contribution < -0.4 is 5.73 Å². The molecule has 1 heterocycles. The number of hydrogen-bond donors (Lipinski definition) is 1. The summed E-state index contributed by atoms with van der Waals surface area (Å²) in [5, 5.41) is 0. The standard InChI is InChI=1S/C14H24N2O/c15-12-3-5-14(6-4-12)7-9-16(10-8-14)13(17)11-1-2-11/h11-12H,1-10,15H2. The summed E-state index contributed by atoms with van der Waals surface area (Å²) < 4.78 is 0. The molecule has 17 heavy (non-hydrogen) atoms. The molecule has 3 fully saturated rings. The average Bonchev–Trinajstić information content (AvgIpc) is 3.18. The quantitative estimate of drug-likeness (QED) is 0.756. The summed E-state index contributed by atoms with van der Waals surface area (Å²) in [5.74, 6) is 0.830. The molecule has 0 bridgehead atoms. The molecule has 3 heteroatoms. The van der Waals surface area contributed by atoms with Crippen molar-refractivity contribution in [2.24, 2.45) is 17.1 Å². The average molecular weight is 236 g/mol. The van der Waals surface area contributed by atoms with Gasteiger partial charge >= 0.3 is 0 Å². The molecule has 1 spiro atoms. The van der Waals surface area contributed by atoms with Crippen LogP contribution in [0.15, 0.2) is 0 Å². The van der Waals surface area contributed by atoms with Crippen molar-refractivity contribution in [2.75, 3.05) is 13.1 Å². The molecule has 1 saturated heterocycles. The van der Waals surface area contributed by atoms with E-state index in [1.807, 2.05) is 0 Å². The maximum absolute atomic E-state index is 12.0. The highest BCUT2D eigenvalue weighted by Gasteiger charge is 2.40. The lowest BCUT2D eigenvalue weighted by molar-refractivity contribution is -0.135. The second kappa shape index (κ2) is 4.27. The first kappa shape index (κ1) is 11.5. The monoisotopic (exact) mass is 236 g/mol. The van der Waals surface area contributed by atoms with Gasteiger partial charge in [-0.1, -0.05) is 0 Å². The number of carbonyl (C=O) groups excluding carboxylic acids is 1. The van der Waals surface area contributed by atoms with Gasteiger partial charge in [0.25, 0.3) is 0 Å². The van der Waals surface area contributed by atoms with E-state index in [1.54, 1.807) is 0 Å². The van der Waals surface area contributed by atoms with Crippen LogP contribution in [0.3, 0.4) is 0 Å². The van der Waals surface area contributed by atoms with Gasteiger partial charge in [-0.25, -0.2) is 0 Å². The van der Waals surface area contributed by atoms with Crippen LogP contribution in [0, 0.1) is 11.3 Å². The molecule has 1 aliphatic heterocycles. The Kier molecular flexibility index (Phi) is 2.89. The summed E-state index contributed by atoms with van der Waals surface area (Å²) in [6.07, 6.45) is 9.67. The van der Waals surface area contributed by atoms with Crippen molar-refractivity contribution < 1.29 is 4.79 Å². The molecule has 2 aliphatic carbocycles. The third-order valence-electron chi connectivity index (χ3n) is 5.15. The molecule has 1 amide bonds. The Labute approximate surface area is 104 Å². The minimum absolute atomic E-state index is 0.392. The molecule has 0 aromatic rings. The van der Waals surface area contributed by atoms with Crippen LogP contribution in [0.1, 0.15) is 51.4 Å². The van der Waals surface area contributed by atoms with Crippen molar-refractivity contribution in [2.45, 2.75) is 57.4 Å². The van der Waals surface area contributed by atoms with E-state index in [2.05, 4.69) is 4.90 Å². The molecular formula is C14H24N2O. The molecule has 3 nitrogen and oxygen atoms in total. The zero-order valence-corrected chi connectivity index (χ0v) is 10.7. The van der Waals surface area contributed by atoms with Crippen molar-refractivity contribution in [3.63, 3.8) is 0 Å². The van der Waals surface area contributed by atoms with Crippen LogP contribution >= 0.6 is 0 Å². The van der Waals surface area contributed by atoms with E-state index in [1.165, 1.54) is 38.5 Å². The van der Waals surface area contributed by atoms with Gasteiger partial charge < -0.3 is 10.6 Å². The number of rotatable bonds is 1. The Bertz CT molecular complexity index is 293. The van der Waals surface area contributed by atoms with Crippen molar-refractivity contribution in [3.8, 4) is 0 Å². The van der Waals surface area contributed by atoms with Gasteiger partial charge in [0.15, 0.2) is 0 Å². The minimum atomic E-state index is 0.392. The zero-order valence-electron chi connectivity index (χ0n) is 10.7. The lowest BCUT2D eigenvalue weighted by Gasteiger charge is -2.45. The number of likely N-dealkylation sites (tertiary alicyclic amines) is 1. The largest absolute Gasteiger partial charge is 0.342 e. The normalized spacial score (nSPS) is 29.6. The highest BCUT2D eigenvalue weighted by molar-refractivity contribution is 5.81. The highest BCUT2D eigenvalue weighted by Crippen LogP contribution is 2.45. The van der Waals surface area contributed by atoms with Gasteiger partial charge in [0.1, 0.15) is 0 Å². The molecule has 0 atom stereocenters. The maximum atomic E-state index is 12.0. The topological polar surface area (TPSA) is 46.3 Å². The van der Waals surface area contributed by atoms with Gasteiger partial charge in [-0.15, -0.1) is 0 Å². The first-order chi connectivity index (χ1) is 8.19. The van der Waals surface area contributed by atoms with Gasteiger partial charge in [0.2, 0.25) is 5.91 Å². The highest BCUT2D eigenvalue weighted by atomic mass is 16.2. The number of nitrogens with zero attached hydrogens (tertiary/aromatic N) is 1. The lowest BCUT2D eigenvalue weighted by atomic mass is 9.67. The van der Waals surface area contributed by atoms with Gasteiger partial charge in [-0.05, 0) is 56.8 Å². The molecule has 3 aliphatic rings. The predicted molar refractivity (Wildman–Crippen MR) is 67.4 cm³/mol. The van der Waals surface area contributed by atoms with Crippen LogP contribution in [0.5, 0.6) is 0 Å². The SMILES string of the molecule is NC1CCC2(CC1)CCN(C(=O)C1CC1)CC2. The molecule has 96 valence electrons. The van der Waals surface area contributed by atoms with Gasteiger partial charge in [-0.2, -0.15) is 0 Å². The number of amides is 1. The Hall–Kier alpha value is -0.570. The number of hydrogen-bond acceptors (Lipinski definition) is 2. The maximum Gasteiger partial charge on any atom is 0.225 e. The van der Waals surface area contributed by atoms with Crippen LogP contribution in [0.4, 0.5) is 0 Å². The second-order valence-electron chi connectivity index (χ2n) is 6.44. The summed E-state index contributed by atoms with van der Waals surface area (Å²) in [4.78, 5) is 14.1. The summed E-state index contributed by atoms with van der Waals surface area (Å²) in [7, 11) is 0. The van der Waals surface area contributed by atoms with Crippen molar-refractivity contribution in [1.82, 2.24) is 4.90 Å². The molecule has 3 rings (SSSR count). The zero-order chi connectivity index (χ0) is 11.9. The second-order valence-corrected chi connectivity index (χ2v) is 6.44. The Morgan fingerprint density at radius 1 is 1.00 bits per heavy atom. The molecule has 0 radical (unpaired) electrons. The molecule has 0 unspecified atom stereocenters. The number of nitrogens with two attached hydrogens (primary N) is 1. The van der Waals surface area contributed by atoms with E-state index in [0.29, 0.717) is 23.3 Å². The first-order valence-corrected chi connectivity index (χ1v) is 7.23. The summed E-state index contributed by atoms with van der Waals surface area (Å²) in [5.41, 5.74) is 6.52. The van der Waals surface area contributed by atoms with Crippen LogP contribution in [0.2, 0.25) is 0 Å². The van der Waals surface area contributed by atoms with Crippen molar-refractivity contribution in [1.29, 1.82) is 0 Å². The van der Waals surface area contributed by atoms with E-state index >= 15 is 0 Å². The number of carbonyl (C=O) groups is 1. The minimum Gasteiger partial charge on any atom is -0.342 e. The van der Waals surface area contributed by atoms with Gasteiger partial charge in [-0.3, -0.25) is 4.79 Å². The first-order valence-electron chi connectivity index (χ1n) is 7.23. The predicted octanol–water partition coefficient (Wildman–Crippen LogP) is 1.91. The molecular weight excluding hydrogens is 212 g/mol. The Morgan fingerprint density at radius 3 is 2.12 bits per heavy atom. The van der Waals surface area contributed by atoms with E-state index < -0.39 is 0 Å². The molecule has 2 N–H and O–H groups in total. The van der Waals surface area contributed by atoms with E-state index in [4.69, 9.17) is 5.73 Å². The van der Waals surface area contributed by atoms with Crippen LogP contribution in [-0.2, 0) is 4.79 Å². The molecule has 2 saturated carbocycles. The van der Waals surface area contributed by atoms with Crippen LogP contribution in [-0.4, -0.2) is 29.9 Å². The number of piperidine rings is 1. The van der Waals surface area contributed by atoms with E-state index in [-0.39, 0.29) is 0 Å². The van der Waals surface area contributed by atoms with E-state index in [9.17, 15) is 4.79 Å². The molecule has 0 aromatic heterocycles. The van der Waals surface area contributed by atoms with Crippen molar-refractivity contribution in [3.05, 3.63) is 0 Å².